The van der Waals surface area contributed by atoms with Crippen LogP contribution in [0, 0.1) is 13.8 Å². The molecule has 0 radical (unpaired) electrons. The molecule has 8 nitrogen and oxygen atoms in total. The van der Waals surface area contributed by atoms with Gasteiger partial charge < -0.3 is 15.1 Å². The number of amides is 1. The van der Waals surface area contributed by atoms with E-state index < -0.39 is 24.2 Å². The molecule has 0 aliphatic carbocycles. The number of aryl methyl sites for hydroxylation is 2. The highest BCUT2D eigenvalue weighted by Crippen LogP contribution is 2.43. The van der Waals surface area contributed by atoms with Gasteiger partial charge in [0, 0.05) is 19.0 Å². The number of aromatic nitrogens is 4. The maximum atomic E-state index is 13.7. The molecular weight excluding hydrogens is 401 g/mol. The molecule has 30 heavy (non-hydrogen) atoms. The third-order valence-corrected chi connectivity index (χ3v) is 5.23. The highest BCUT2D eigenvalue weighted by Gasteiger charge is 2.47. The van der Waals surface area contributed by atoms with E-state index in [1.807, 2.05) is 13.8 Å². The normalized spacial score (nSPS) is 18.7. The van der Waals surface area contributed by atoms with Crippen LogP contribution in [-0.2, 0) is 6.54 Å². The highest BCUT2D eigenvalue weighted by molar-refractivity contribution is 6.04. The summed E-state index contributed by atoms with van der Waals surface area (Å²) in [5.74, 6) is -0.107. The fraction of sp³-hybridized carbons (Fsp3) is 0.421. The Kier molecular flexibility index (Phi) is 4.83. The lowest BCUT2D eigenvalue weighted by Crippen LogP contribution is -2.35. The van der Waals surface area contributed by atoms with E-state index in [2.05, 4.69) is 20.8 Å². The van der Waals surface area contributed by atoms with E-state index in [0.29, 0.717) is 23.7 Å². The Labute approximate surface area is 170 Å². The van der Waals surface area contributed by atoms with E-state index in [-0.39, 0.29) is 17.9 Å². The second kappa shape index (κ2) is 7.22. The van der Waals surface area contributed by atoms with Crippen molar-refractivity contribution in [3.63, 3.8) is 0 Å². The van der Waals surface area contributed by atoms with Crippen LogP contribution >= 0.6 is 0 Å². The molecule has 1 amide bonds. The number of carbonyl (C=O) groups excluding carboxylic acids is 1. The fourth-order valence-corrected chi connectivity index (χ4v) is 3.72. The van der Waals surface area contributed by atoms with Crippen LogP contribution in [0.15, 0.2) is 28.9 Å². The second-order valence-electron chi connectivity index (χ2n) is 7.18. The maximum Gasteiger partial charge on any atom is 0.410 e. The van der Waals surface area contributed by atoms with Crippen molar-refractivity contribution in [3.8, 4) is 0 Å². The number of halogens is 3. The van der Waals surface area contributed by atoms with Crippen LogP contribution in [0.1, 0.15) is 53.1 Å². The summed E-state index contributed by atoms with van der Waals surface area (Å²) in [6.07, 6.45) is -3.42. The number of fused-ring (bicyclic) bond motifs is 1. The molecule has 4 heterocycles. The molecule has 0 saturated heterocycles. The molecule has 1 aliphatic rings. The van der Waals surface area contributed by atoms with Gasteiger partial charge in [-0.1, -0.05) is 0 Å². The summed E-state index contributed by atoms with van der Waals surface area (Å²) in [7, 11) is 0. The van der Waals surface area contributed by atoms with Gasteiger partial charge in [-0.05, 0) is 32.9 Å². The molecule has 4 rings (SSSR count). The molecule has 11 heteroatoms. The minimum absolute atomic E-state index is 0.104. The summed E-state index contributed by atoms with van der Waals surface area (Å²) < 4.78 is 49.0. The van der Waals surface area contributed by atoms with Gasteiger partial charge in [0.1, 0.15) is 11.6 Å². The molecule has 0 aromatic carbocycles. The van der Waals surface area contributed by atoms with Crippen LogP contribution in [0.2, 0.25) is 0 Å². The molecule has 1 aliphatic heterocycles. The molecule has 3 aromatic rings. The topological polar surface area (TPSA) is 89.9 Å². The SMILES string of the molecule is CCn1nc(C)c(NC(=O)c2cc3n(n2)[C@@H](C(F)(F)F)C[C@H](c2ccco2)N3)c1C. The summed E-state index contributed by atoms with van der Waals surface area (Å²) in [6.45, 7) is 6.12. The number of anilines is 2. The minimum atomic E-state index is -4.53. The first-order valence-corrected chi connectivity index (χ1v) is 9.50. The molecule has 0 fully saturated rings. The Bertz CT molecular complexity index is 1070. The number of hydrogen-bond donors (Lipinski definition) is 2. The molecule has 3 aromatic heterocycles. The van der Waals surface area contributed by atoms with Gasteiger partial charge in [0.25, 0.3) is 5.91 Å². The zero-order valence-corrected chi connectivity index (χ0v) is 16.6. The van der Waals surface area contributed by atoms with E-state index in [1.54, 1.807) is 23.7 Å². The van der Waals surface area contributed by atoms with Crippen molar-refractivity contribution in [2.45, 2.75) is 52.0 Å². The molecule has 2 atom stereocenters. The average molecular weight is 422 g/mol. The predicted octanol–water partition coefficient (Wildman–Crippen LogP) is 4.22. The molecule has 0 saturated carbocycles. The number of rotatable bonds is 4. The van der Waals surface area contributed by atoms with Gasteiger partial charge in [0.05, 0.1) is 29.4 Å². The largest absolute Gasteiger partial charge is 0.467 e. The van der Waals surface area contributed by atoms with Crippen LogP contribution in [-0.4, -0.2) is 31.6 Å². The number of furan rings is 1. The average Bonchev–Trinajstić information content (AvgIpc) is 3.41. The molecule has 0 spiro atoms. The van der Waals surface area contributed by atoms with Crippen molar-refractivity contribution < 1.29 is 22.4 Å². The lowest BCUT2D eigenvalue weighted by atomic mass is 10.0. The molecule has 2 N–H and O–H groups in total. The Morgan fingerprint density at radius 2 is 2.13 bits per heavy atom. The number of nitrogens with one attached hydrogen (secondary N) is 2. The zero-order chi connectivity index (χ0) is 21.6. The first kappa shape index (κ1) is 20.0. The Balaban J connectivity index is 1.65. The number of carbonyl (C=O) groups is 1. The summed E-state index contributed by atoms with van der Waals surface area (Å²) in [5, 5.41) is 14.0. The summed E-state index contributed by atoms with van der Waals surface area (Å²) in [6, 6.07) is 1.99. The first-order chi connectivity index (χ1) is 14.2. The monoisotopic (exact) mass is 422 g/mol. The van der Waals surface area contributed by atoms with Crippen molar-refractivity contribution >= 4 is 17.4 Å². The summed E-state index contributed by atoms with van der Waals surface area (Å²) in [5.41, 5.74) is 1.80. The summed E-state index contributed by atoms with van der Waals surface area (Å²) >= 11 is 0. The van der Waals surface area contributed by atoms with Gasteiger partial charge in [-0.2, -0.15) is 23.4 Å². The Morgan fingerprint density at radius 3 is 2.73 bits per heavy atom. The quantitative estimate of drug-likeness (QED) is 0.657. The second-order valence-corrected chi connectivity index (χ2v) is 7.18. The van der Waals surface area contributed by atoms with Crippen LogP contribution in [0.4, 0.5) is 24.7 Å². The van der Waals surface area contributed by atoms with Crippen molar-refractivity contribution in [1.29, 1.82) is 0 Å². The highest BCUT2D eigenvalue weighted by atomic mass is 19.4. The standard InChI is InChI=1S/C19H21F3N6O2/c1-4-27-11(3)17(10(2)25-27)24-18(29)13-9-16-23-12(14-6-5-7-30-14)8-15(19(20,21)22)28(16)26-13/h5-7,9,12,15,23H,4,8H2,1-3H3,(H,24,29)/t12-,15-/m1/s1. The van der Waals surface area contributed by atoms with E-state index >= 15 is 0 Å². The number of hydrogen-bond acceptors (Lipinski definition) is 5. The molecule has 0 bridgehead atoms. The third kappa shape index (κ3) is 3.44. The molecule has 0 unspecified atom stereocenters. The fourth-order valence-electron chi connectivity index (χ4n) is 3.72. The Hall–Kier alpha value is -3.24. The van der Waals surface area contributed by atoms with Crippen LogP contribution in [0.5, 0.6) is 0 Å². The van der Waals surface area contributed by atoms with Crippen molar-refractivity contribution in [2.24, 2.45) is 0 Å². The van der Waals surface area contributed by atoms with Crippen molar-refractivity contribution in [3.05, 3.63) is 47.3 Å². The van der Waals surface area contributed by atoms with Crippen molar-refractivity contribution in [1.82, 2.24) is 19.6 Å². The first-order valence-electron chi connectivity index (χ1n) is 9.50. The number of nitrogens with zero attached hydrogens (tertiary/aromatic N) is 4. The van der Waals surface area contributed by atoms with E-state index in [9.17, 15) is 18.0 Å². The molecular formula is C19H21F3N6O2. The molecule has 160 valence electrons. The van der Waals surface area contributed by atoms with Gasteiger partial charge in [0.15, 0.2) is 11.7 Å². The van der Waals surface area contributed by atoms with E-state index in [0.717, 1.165) is 10.4 Å². The van der Waals surface area contributed by atoms with Crippen molar-refractivity contribution in [2.75, 3.05) is 10.6 Å². The lowest BCUT2D eigenvalue weighted by molar-refractivity contribution is -0.174. The third-order valence-electron chi connectivity index (χ3n) is 5.23. The lowest BCUT2D eigenvalue weighted by Gasteiger charge is -2.32. The smallest absolute Gasteiger partial charge is 0.410 e. The van der Waals surface area contributed by atoms with E-state index in [1.165, 1.54) is 12.3 Å². The van der Waals surface area contributed by atoms with Gasteiger partial charge in [0.2, 0.25) is 0 Å². The Morgan fingerprint density at radius 1 is 1.37 bits per heavy atom. The summed E-state index contributed by atoms with van der Waals surface area (Å²) in [4.78, 5) is 12.7. The van der Waals surface area contributed by atoms with Gasteiger partial charge in [-0.3, -0.25) is 9.48 Å². The van der Waals surface area contributed by atoms with Crippen LogP contribution in [0.3, 0.4) is 0 Å². The minimum Gasteiger partial charge on any atom is -0.467 e. The van der Waals surface area contributed by atoms with Crippen LogP contribution < -0.4 is 10.6 Å². The maximum absolute atomic E-state index is 13.7. The van der Waals surface area contributed by atoms with Gasteiger partial charge in [-0.15, -0.1) is 0 Å². The predicted molar refractivity (Wildman–Crippen MR) is 102 cm³/mol. The van der Waals surface area contributed by atoms with Gasteiger partial charge >= 0.3 is 6.18 Å². The van der Waals surface area contributed by atoms with Crippen LogP contribution in [0.25, 0.3) is 0 Å². The van der Waals surface area contributed by atoms with Gasteiger partial charge in [-0.25, -0.2) is 4.68 Å². The zero-order valence-electron chi connectivity index (χ0n) is 16.6. The number of alkyl halides is 3. The van der Waals surface area contributed by atoms with E-state index in [4.69, 9.17) is 4.42 Å².